The molecule has 0 saturated carbocycles. The van der Waals surface area contributed by atoms with Crippen LogP contribution in [0.4, 0.5) is 0 Å². The van der Waals surface area contributed by atoms with Gasteiger partial charge in [-0.3, -0.25) is 4.79 Å². The van der Waals surface area contributed by atoms with Crippen LogP contribution < -0.4 is 10.2 Å². The monoisotopic (exact) mass is 310 g/mol. The average Bonchev–Trinajstić information content (AvgIpc) is 2.55. The van der Waals surface area contributed by atoms with E-state index >= 15 is 0 Å². The molecule has 0 atom stereocenters. The van der Waals surface area contributed by atoms with Gasteiger partial charge in [-0.1, -0.05) is 30.7 Å². The summed E-state index contributed by atoms with van der Waals surface area (Å²) in [5.41, 5.74) is 6.40. The number of nitrogens with zero attached hydrogens (tertiary/aromatic N) is 1. The normalized spacial score (nSPS) is 10.7. The summed E-state index contributed by atoms with van der Waals surface area (Å²) in [6.07, 6.45) is 2.61. The summed E-state index contributed by atoms with van der Waals surface area (Å²) in [6.45, 7) is 6.79. The molecular formula is C19H22N2O2. The summed E-state index contributed by atoms with van der Waals surface area (Å²) in [5.74, 6) is 0.523. The Balaban J connectivity index is 1.95. The highest BCUT2D eigenvalue weighted by Gasteiger charge is 2.04. The van der Waals surface area contributed by atoms with Crippen LogP contribution in [0.25, 0.3) is 0 Å². The van der Waals surface area contributed by atoms with Gasteiger partial charge >= 0.3 is 0 Å². The van der Waals surface area contributed by atoms with Gasteiger partial charge in [-0.15, -0.1) is 0 Å². The zero-order valence-corrected chi connectivity index (χ0v) is 13.8. The average molecular weight is 310 g/mol. The van der Waals surface area contributed by atoms with E-state index < -0.39 is 0 Å². The molecule has 0 aliphatic carbocycles. The lowest BCUT2D eigenvalue weighted by atomic mass is 10.1. The first-order chi connectivity index (χ1) is 11.1. The molecule has 0 saturated heterocycles. The third-order valence-electron chi connectivity index (χ3n) is 3.38. The van der Waals surface area contributed by atoms with Crippen LogP contribution in [0, 0.1) is 13.8 Å². The molecule has 0 aliphatic heterocycles. The molecule has 0 aromatic heterocycles. The molecule has 0 unspecified atom stereocenters. The van der Waals surface area contributed by atoms with E-state index in [4.69, 9.17) is 4.74 Å². The summed E-state index contributed by atoms with van der Waals surface area (Å²) >= 11 is 0. The van der Waals surface area contributed by atoms with Gasteiger partial charge in [-0.05, 0) is 55.7 Å². The summed E-state index contributed by atoms with van der Waals surface area (Å²) in [6, 6.07) is 13.1. The van der Waals surface area contributed by atoms with Crippen LogP contribution in [0.15, 0.2) is 47.6 Å². The number of ether oxygens (including phenoxy) is 1. The Morgan fingerprint density at radius 1 is 1.17 bits per heavy atom. The SMILES string of the molecule is CCCOc1ccc(C(=O)N/N=C\c2ccc(C)cc2C)cc1. The molecule has 2 aromatic rings. The van der Waals surface area contributed by atoms with Crippen molar-refractivity contribution in [2.75, 3.05) is 6.61 Å². The van der Waals surface area contributed by atoms with Crippen molar-refractivity contribution in [1.29, 1.82) is 0 Å². The molecule has 2 aromatic carbocycles. The molecule has 1 amide bonds. The standard InChI is InChI=1S/C19H22N2O2/c1-4-11-23-18-9-7-16(8-10-18)19(22)21-20-13-17-6-5-14(2)12-15(17)3/h5-10,12-13H,4,11H2,1-3H3,(H,21,22)/b20-13-. The minimum atomic E-state index is -0.243. The van der Waals surface area contributed by atoms with Crippen molar-refractivity contribution in [3.8, 4) is 5.75 Å². The van der Waals surface area contributed by atoms with Crippen molar-refractivity contribution >= 4 is 12.1 Å². The quantitative estimate of drug-likeness (QED) is 0.650. The van der Waals surface area contributed by atoms with Gasteiger partial charge in [-0.25, -0.2) is 5.43 Å². The maximum Gasteiger partial charge on any atom is 0.271 e. The van der Waals surface area contributed by atoms with Crippen molar-refractivity contribution in [2.24, 2.45) is 5.10 Å². The van der Waals surface area contributed by atoms with Crippen LogP contribution >= 0.6 is 0 Å². The number of amides is 1. The Kier molecular flexibility index (Phi) is 5.92. The predicted octanol–water partition coefficient (Wildman–Crippen LogP) is 3.86. The van der Waals surface area contributed by atoms with Gasteiger partial charge in [0.05, 0.1) is 12.8 Å². The lowest BCUT2D eigenvalue weighted by Gasteiger charge is -2.05. The first-order valence-corrected chi connectivity index (χ1v) is 7.73. The topological polar surface area (TPSA) is 50.7 Å². The van der Waals surface area contributed by atoms with Crippen molar-refractivity contribution in [1.82, 2.24) is 5.43 Å². The summed E-state index contributed by atoms with van der Waals surface area (Å²) in [5, 5.41) is 4.02. The second-order valence-corrected chi connectivity index (χ2v) is 5.43. The van der Waals surface area contributed by atoms with E-state index in [-0.39, 0.29) is 5.91 Å². The number of rotatable bonds is 6. The van der Waals surface area contributed by atoms with Crippen molar-refractivity contribution < 1.29 is 9.53 Å². The van der Waals surface area contributed by atoms with Crippen molar-refractivity contribution in [2.45, 2.75) is 27.2 Å². The Morgan fingerprint density at radius 2 is 1.91 bits per heavy atom. The minimum absolute atomic E-state index is 0.243. The van der Waals surface area contributed by atoms with Crippen LogP contribution in [0.2, 0.25) is 0 Å². The molecule has 4 heteroatoms. The van der Waals surface area contributed by atoms with E-state index in [2.05, 4.69) is 23.5 Å². The Hall–Kier alpha value is -2.62. The lowest BCUT2D eigenvalue weighted by Crippen LogP contribution is -2.17. The van der Waals surface area contributed by atoms with Gasteiger partial charge in [0.2, 0.25) is 0 Å². The second-order valence-electron chi connectivity index (χ2n) is 5.43. The summed E-state index contributed by atoms with van der Waals surface area (Å²) < 4.78 is 5.49. The van der Waals surface area contributed by atoms with Crippen LogP contribution in [0.1, 0.15) is 40.4 Å². The fourth-order valence-corrected chi connectivity index (χ4v) is 2.12. The van der Waals surface area contributed by atoms with Gasteiger partial charge in [0, 0.05) is 5.56 Å². The number of hydrogen-bond donors (Lipinski definition) is 1. The molecule has 23 heavy (non-hydrogen) atoms. The third kappa shape index (κ3) is 4.95. The summed E-state index contributed by atoms with van der Waals surface area (Å²) in [4.78, 5) is 12.0. The molecule has 0 aliphatic rings. The molecule has 0 bridgehead atoms. The maximum absolute atomic E-state index is 12.0. The van der Waals surface area contributed by atoms with Crippen molar-refractivity contribution in [3.63, 3.8) is 0 Å². The Bertz CT molecular complexity index is 691. The second kappa shape index (κ2) is 8.13. The van der Waals surface area contributed by atoms with Gasteiger partial charge < -0.3 is 4.74 Å². The number of aryl methyl sites for hydroxylation is 2. The number of hydrazone groups is 1. The Labute approximate surface area is 137 Å². The van der Waals surface area contributed by atoms with E-state index in [9.17, 15) is 4.79 Å². The van der Waals surface area contributed by atoms with E-state index in [1.54, 1.807) is 30.5 Å². The molecule has 0 spiro atoms. The Morgan fingerprint density at radius 3 is 2.57 bits per heavy atom. The molecule has 120 valence electrons. The minimum Gasteiger partial charge on any atom is -0.494 e. The van der Waals surface area contributed by atoms with E-state index in [0.29, 0.717) is 12.2 Å². The molecule has 0 radical (unpaired) electrons. The molecule has 0 heterocycles. The van der Waals surface area contributed by atoms with E-state index in [1.165, 1.54) is 5.56 Å². The molecule has 4 nitrogen and oxygen atoms in total. The fraction of sp³-hybridized carbons (Fsp3) is 0.263. The van der Waals surface area contributed by atoms with Gasteiger partial charge in [0.1, 0.15) is 5.75 Å². The van der Waals surface area contributed by atoms with Crippen LogP contribution in [0.3, 0.4) is 0 Å². The van der Waals surface area contributed by atoms with Crippen LogP contribution in [0.5, 0.6) is 5.75 Å². The molecule has 2 rings (SSSR count). The lowest BCUT2D eigenvalue weighted by molar-refractivity contribution is 0.0955. The van der Waals surface area contributed by atoms with Crippen LogP contribution in [-0.2, 0) is 0 Å². The smallest absolute Gasteiger partial charge is 0.271 e. The number of carbonyl (C=O) groups excluding carboxylic acids is 1. The molecular weight excluding hydrogens is 288 g/mol. The van der Waals surface area contributed by atoms with E-state index in [1.807, 2.05) is 26.0 Å². The van der Waals surface area contributed by atoms with Gasteiger partial charge in [-0.2, -0.15) is 5.10 Å². The number of carbonyl (C=O) groups is 1. The highest BCUT2D eigenvalue weighted by molar-refractivity contribution is 5.95. The fourth-order valence-electron chi connectivity index (χ4n) is 2.12. The maximum atomic E-state index is 12.0. The van der Waals surface area contributed by atoms with Gasteiger partial charge in [0.15, 0.2) is 0 Å². The molecule has 0 fully saturated rings. The third-order valence-corrected chi connectivity index (χ3v) is 3.38. The van der Waals surface area contributed by atoms with E-state index in [0.717, 1.165) is 23.3 Å². The predicted molar refractivity (Wildman–Crippen MR) is 93.2 cm³/mol. The largest absolute Gasteiger partial charge is 0.494 e. The zero-order valence-electron chi connectivity index (χ0n) is 13.8. The molecule has 1 N–H and O–H groups in total. The number of benzene rings is 2. The van der Waals surface area contributed by atoms with Gasteiger partial charge in [0.25, 0.3) is 5.91 Å². The highest BCUT2D eigenvalue weighted by atomic mass is 16.5. The highest BCUT2D eigenvalue weighted by Crippen LogP contribution is 2.12. The number of hydrogen-bond acceptors (Lipinski definition) is 3. The van der Waals surface area contributed by atoms with Crippen molar-refractivity contribution in [3.05, 3.63) is 64.7 Å². The number of nitrogens with one attached hydrogen (secondary N) is 1. The first-order valence-electron chi connectivity index (χ1n) is 7.73. The van der Waals surface area contributed by atoms with Crippen LogP contribution in [-0.4, -0.2) is 18.7 Å². The zero-order chi connectivity index (χ0) is 16.7. The summed E-state index contributed by atoms with van der Waals surface area (Å²) in [7, 11) is 0. The first kappa shape index (κ1) is 16.7.